The summed E-state index contributed by atoms with van der Waals surface area (Å²) in [7, 11) is 0. The highest BCUT2D eigenvalue weighted by Crippen LogP contribution is 2.44. The molecule has 1 spiro atoms. The van der Waals surface area contributed by atoms with Crippen molar-refractivity contribution in [3.63, 3.8) is 0 Å². The van der Waals surface area contributed by atoms with Crippen LogP contribution < -0.4 is 0 Å². The normalized spacial score (nSPS) is 24.1. The summed E-state index contributed by atoms with van der Waals surface area (Å²) in [4.78, 5) is 20.7. The Morgan fingerprint density at radius 2 is 1.67 bits per heavy atom. The maximum atomic E-state index is 13.6. The van der Waals surface area contributed by atoms with Gasteiger partial charge in [-0.15, -0.1) is 0 Å². The predicted octanol–water partition coefficient (Wildman–Crippen LogP) is 6.68. The summed E-state index contributed by atoms with van der Waals surface area (Å²) in [6.45, 7) is 7.21. The molecule has 1 heterocycles. The molecule has 1 saturated carbocycles. The number of carbonyl (C=O) groups excluding carboxylic acids is 1. The summed E-state index contributed by atoms with van der Waals surface area (Å²) < 4.78 is 0. The third-order valence-electron chi connectivity index (χ3n) is 6.64. The van der Waals surface area contributed by atoms with Crippen LogP contribution in [-0.2, 0) is 11.3 Å². The van der Waals surface area contributed by atoms with E-state index in [9.17, 15) is 4.79 Å². The minimum absolute atomic E-state index is 0.0306. The monoisotopic (exact) mass is 442 g/mol. The van der Waals surface area contributed by atoms with Crippen molar-refractivity contribution >= 4 is 34.8 Å². The van der Waals surface area contributed by atoms with E-state index in [1.54, 1.807) is 18.2 Å². The lowest BCUT2D eigenvalue weighted by atomic mass is 9.76. The van der Waals surface area contributed by atoms with E-state index in [1.807, 2.05) is 4.90 Å². The van der Waals surface area contributed by atoms with Gasteiger partial charge in [-0.1, -0.05) is 66.9 Å². The zero-order chi connectivity index (χ0) is 21.5. The molecule has 2 aromatic carbocycles. The number of benzene rings is 2. The van der Waals surface area contributed by atoms with Gasteiger partial charge in [0.25, 0.3) is 5.91 Å². The Bertz CT molecular complexity index is 953. The molecule has 1 fully saturated rings. The molecule has 158 valence electrons. The zero-order valence-electron chi connectivity index (χ0n) is 17.8. The second-order valence-corrected chi connectivity index (χ2v) is 9.93. The van der Waals surface area contributed by atoms with Crippen molar-refractivity contribution in [1.82, 2.24) is 4.90 Å². The first-order chi connectivity index (χ1) is 14.3. The molecular formula is C25H28Cl2N2O. The van der Waals surface area contributed by atoms with Crippen molar-refractivity contribution in [1.29, 1.82) is 0 Å². The first kappa shape index (κ1) is 21.4. The molecule has 4 rings (SSSR count). The van der Waals surface area contributed by atoms with Gasteiger partial charge in [0.05, 0.1) is 0 Å². The topological polar surface area (TPSA) is 32.7 Å². The van der Waals surface area contributed by atoms with E-state index in [0.717, 1.165) is 31.2 Å². The van der Waals surface area contributed by atoms with Gasteiger partial charge in [-0.05, 0) is 68.2 Å². The Balaban J connectivity index is 1.70. The molecule has 30 heavy (non-hydrogen) atoms. The third kappa shape index (κ3) is 4.15. The summed E-state index contributed by atoms with van der Waals surface area (Å²) in [5.74, 6) is 1.31. The van der Waals surface area contributed by atoms with Gasteiger partial charge in [0.1, 0.15) is 11.4 Å². The molecule has 0 N–H and O–H groups in total. The third-order valence-corrected chi connectivity index (χ3v) is 7.08. The SMILES string of the molecule is Cc1ccc(CN2C(=O)C(c3cc(Cl)cc(Cl)c3)=NC23CCC(C(C)C)CC3)cc1. The van der Waals surface area contributed by atoms with E-state index in [-0.39, 0.29) is 5.91 Å². The van der Waals surface area contributed by atoms with E-state index in [2.05, 4.69) is 45.0 Å². The lowest BCUT2D eigenvalue weighted by Gasteiger charge is -2.42. The van der Waals surface area contributed by atoms with Crippen molar-refractivity contribution in [3.8, 4) is 0 Å². The van der Waals surface area contributed by atoms with E-state index in [4.69, 9.17) is 28.2 Å². The van der Waals surface area contributed by atoms with Crippen LogP contribution in [0.25, 0.3) is 0 Å². The Morgan fingerprint density at radius 3 is 2.23 bits per heavy atom. The number of halogens is 2. The molecule has 2 aromatic rings. The standard InChI is InChI=1S/C25H28Cl2N2O/c1-16(2)19-8-10-25(11-9-19)28-23(20-12-21(26)14-22(27)13-20)24(30)29(25)15-18-6-4-17(3)5-7-18/h4-7,12-14,16,19H,8-11,15H2,1-3H3. The van der Waals surface area contributed by atoms with Gasteiger partial charge in [0.2, 0.25) is 0 Å². The summed E-state index contributed by atoms with van der Waals surface area (Å²) in [5.41, 5.74) is 3.05. The molecule has 1 amide bonds. The quantitative estimate of drug-likeness (QED) is 0.519. The van der Waals surface area contributed by atoms with Crippen LogP contribution in [0, 0.1) is 18.8 Å². The van der Waals surface area contributed by atoms with Gasteiger partial charge in [-0.2, -0.15) is 0 Å². The molecule has 3 nitrogen and oxygen atoms in total. The number of aliphatic imine (C=N–C) groups is 1. The Morgan fingerprint density at radius 1 is 1.07 bits per heavy atom. The zero-order valence-corrected chi connectivity index (χ0v) is 19.3. The van der Waals surface area contributed by atoms with Crippen molar-refractivity contribution in [2.45, 2.75) is 58.7 Å². The molecule has 5 heteroatoms. The summed E-state index contributed by atoms with van der Waals surface area (Å²) in [6, 6.07) is 13.6. The fourth-order valence-corrected chi connectivity index (χ4v) is 5.28. The van der Waals surface area contributed by atoms with Crippen molar-refractivity contribution < 1.29 is 4.79 Å². The second-order valence-electron chi connectivity index (χ2n) is 9.06. The number of carbonyl (C=O) groups is 1. The summed E-state index contributed by atoms with van der Waals surface area (Å²) in [6.07, 6.45) is 3.96. The highest BCUT2D eigenvalue weighted by Gasteiger charge is 2.49. The highest BCUT2D eigenvalue weighted by atomic mass is 35.5. The lowest BCUT2D eigenvalue weighted by molar-refractivity contribution is -0.130. The van der Waals surface area contributed by atoms with E-state index < -0.39 is 5.66 Å². The number of hydrogen-bond donors (Lipinski definition) is 0. The molecule has 2 aliphatic rings. The largest absolute Gasteiger partial charge is 0.308 e. The fraction of sp³-hybridized carbons (Fsp3) is 0.440. The number of aryl methyl sites for hydroxylation is 1. The van der Waals surface area contributed by atoms with Gasteiger partial charge in [0, 0.05) is 22.2 Å². The molecule has 0 unspecified atom stereocenters. The van der Waals surface area contributed by atoms with Crippen LogP contribution in [0.1, 0.15) is 56.2 Å². The van der Waals surface area contributed by atoms with Crippen LogP contribution in [0.3, 0.4) is 0 Å². The molecule has 0 radical (unpaired) electrons. The summed E-state index contributed by atoms with van der Waals surface area (Å²) >= 11 is 12.4. The molecule has 0 saturated heterocycles. The first-order valence-electron chi connectivity index (χ1n) is 10.7. The smallest absolute Gasteiger partial charge is 0.274 e. The van der Waals surface area contributed by atoms with Crippen LogP contribution in [0.15, 0.2) is 47.5 Å². The molecular weight excluding hydrogens is 415 g/mol. The average Bonchev–Trinajstić information content (AvgIpc) is 2.95. The molecule has 0 bridgehead atoms. The van der Waals surface area contributed by atoms with Crippen LogP contribution in [0.4, 0.5) is 0 Å². The second kappa shape index (κ2) is 8.36. The molecule has 1 aliphatic carbocycles. The Kier molecular flexibility index (Phi) is 5.96. The van der Waals surface area contributed by atoms with Crippen LogP contribution in [0.5, 0.6) is 0 Å². The van der Waals surface area contributed by atoms with Gasteiger partial charge >= 0.3 is 0 Å². The highest BCUT2D eigenvalue weighted by molar-refractivity contribution is 6.47. The Labute approximate surface area is 189 Å². The lowest BCUT2D eigenvalue weighted by Crippen LogP contribution is -2.48. The fourth-order valence-electron chi connectivity index (χ4n) is 4.76. The van der Waals surface area contributed by atoms with Gasteiger partial charge < -0.3 is 4.90 Å². The van der Waals surface area contributed by atoms with Crippen molar-refractivity contribution in [3.05, 3.63) is 69.2 Å². The minimum Gasteiger partial charge on any atom is -0.308 e. The molecule has 0 aromatic heterocycles. The maximum Gasteiger partial charge on any atom is 0.274 e. The van der Waals surface area contributed by atoms with E-state index in [0.29, 0.717) is 39.7 Å². The van der Waals surface area contributed by atoms with Gasteiger partial charge in [-0.3, -0.25) is 9.79 Å². The number of nitrogens with zero attached hydrogens (tertiary/aromatic N) is 2. The van der Waals surface area contributed by atoms with Gasteiger partial charge in [-0.25, -0.2) is 0 Å². The summed E-state index contributed by atoms with van der Waals surface area (Å²) in [5, 5.41) is 1.03. The number of hydrogen-bond acceptors (Lipinski definition) is 2. The first-order valence-corrected chi connectivity index (χ1v) is 11.5. The maximum absolute atomic E-state index is 13.6. The molecule has 0 atom stereocenters. The van der Waals surface area contributed by atoms with E-state index in [1.165, 1.54) is 5.56 Å². The van der Waals surface area contributed by atoms with Crippen molar-refractivity contribution in [2.24, 2.45) is 16.8 Å². The average molecular weight is 443 g/mol. The van der Waals surface area contributed by atoms with Crippen molar-refractivity contribution in [2.75, 3.05) is 0 Å². The number of amides is 1. The van der Waals surface area contributed by atoms with Crippen LogP contribution in [0.2, 0.25) is 10.0 Å². The minimum atomic E-state index is -0.475. The predicted molar refractivity (Wildman–Crippen MR) is 124 cm³/mol. The van der Waals surface area contributed by atoms with Crippen LogP contribution in [-0.4, -0.2) is 22.2 Å². The number of rotatable bonds is 4. The molecule has 1 aliphatic heterocycles. The Hall–Kier alpha value is -1.84. The van der Waals surface area contributed by atoms with Crippen LogP contribution >= 0.6 is 23.2 Å². The van der Waals surface area contributed by atoms with E-state index >= 15 is 0 Å². The van der Waals surface area contributed by atoms with Gasteiger partial charge in [0.15, 0.2) is 0 Å².